The SMILES string of the molecule is CC1(C)CCCNC1C(=O)NC1CCCCC1C(F)(F)F. The molecule has 2 N–H and O–H groups in total. The maximum atomic E-state index is 13.1. The van der Waals surface area contributed by atoms with Crippen molar-refractivity contribution in [3.63, 3.8) is 0 Å². The van der Waals surface area contributed by atoms with Crippen molar-refractivity contribution in [2.24, 2.45) is 11.3 Å². The first-order chi connectivity index (χ1) is 9.72. The largest absolute Gasteiger partial charge is 0.393 e. The van der Waals surface area contributed by atoms with Crippen LogP contribution in [-0.2, 0) is 4.79 Å². The highest BCUT2D eigenvalue weighted by atomic mass is 19.4. The Morgan fingerprint density at radius 2 is 1.86 bits per heavy atom. The average Bonchev–Trinajstić information content (AvgIpc) is 2.37. The van der Waals surface area contributed by atoms with Gasteiger partial charge in [-0.05, 0) is 37.6 Å². The van der Waals surface area contributed by atoms with Gasteiger partial charge in [0, 0.05) is 6.04 Å². The highest BCUT2D eigenvalue weighted by molar-refractivity contribution is 5.83. The van der Waals surface area contributed by atoms with Crippen molar-refractivity contribution in [2.45, 2.75) is 70.6 Å². The standard InChI is InChI=1S/C15H25F3N2O/c1-14(2)8-5-9-19-12(14)13(21)20-11-7-4-3-6-10(11)15(16,17)18/h10-12,19H,3-9H2,1-2H3,(H,20,21). The fourth-order valence-electron chi connectivity index (χ4n) is 3.62. The van der Waals surface area contributed by atoms with Gasteiger partial charge in [0.1, 0.15) is 0 Å². The lowest BCUT2D eigenvalue weighted by Gasteiger charge is -2.40. The highest BCUT2D eigenvalue weighted by Gasteiger charge is 2.47. The van der Waals surface area contributed by atoms with Crippen LogP contribution in [0.1, 0.15) is 52.4 Å². The molecule has 122 valence electrons. The molecule has 2 rings (SSSR count). The lowest BCUT2D eigenvalue weighted by Crippen LogP contribution is -2.59. The third kappa shape index (κ3) is 3.90. The van der Waals surface area contributed by atoms with Gasteiger partial charge in [-0.15, -0.1) is 0 Å². The summed E-state index contributed by atoms with van der Waals surface area (Å²) in [4.78, 5) is 12.4. The van der Waals surface area contributed by atoms with Crippen molar-refractivity contribution in [1.29, 1.82) is 0 Å². The Morgan fingerprint density at radius 1 is 1.19 bits per heavy atom. The second kappa shape index (κ2) is 6.15. The maximum absolute atomic E-state index is 13.1. The fourth-order valence-corrected chi connectivity index (χ4v) is 3.62. The topological polar surface area (TPSA) is 41.1 Å². The summed E-state index contributed by atoms with van der Waals surface area (Å²) in [5, 5.41) is 5.84. The van der Waals surface area contributed by atoms with E-state index in [9.17, 15) is 18.0 Å². The van der Waals surface area contributed by atoms with Gasteiger partial charge in [0.15, 0.2) is 0 Å². The van der Waals surface area contributed by atoms with Crippen LogP contribution in [0.5, 0.6) is 0 Å². The molecular weight excluding hydrogens is 281 g/mol. The molecule has 0 radical (unpaired) electrons. The summed E-state index contributed by atoms with van der Waals surface area (Å²) in [5.41, 5.74) is -0.218. The highest BCUT2D eigenvalue weighted by Crippen LogP contribution is 2.38. The maximum Gasteiger partial charge on any atom is 0.393 e. The molecule has 0 bridgehead atoms. The number of carbonyl (C=O) groups is 1. The van der Waals surface area contributed by atoms with Crippen molar-refractivity contribution in [2.75, 3.05) is 6.54 Å². The van der Waals surface area contributed by atoms with Crippen LogP contribution in [0.3, 0.4) is 0 Å². The second-order valence-electron chi connectivity index (χ2n) is 7.03. The van der Waals surface area contributed by atoms with Gasteiger partial charge in [-0.25, -0.2) is 0 Å². The summed E-state index contributed by atoms with van der Waals surface area (Å²) in [6, 6.07) is -1.17. The molecule has 0 spiro atoms. The van der Waals surface area contributed by atoms with E-state index in [-0.39, 0.29) is 17.7 Å². The minimum atomic E-state index is -4.23. The fraction of sp³-hybridized carbons (Fsp3) is 0.933. The van der Waals surface area contributed by atoms with Crippen LogP contribution in [0, 0.1) is 11.3 Å². The van der Waals surface area contributed by atoms with E-state index in [1.165, 1.54) is 0 Å². The van der Waals surface area contributed by atoms with E-state index >= 15 is 0 Å². The predicted molar refractivity (Wildman–Crippen MR) is 74.7 cm³/mol. The van der Waals surface area contributed by atoms with Crippen LogP contribution in [-0.4, -0.2) is 30.7 Å². The number of rotatable bonds is 2. The van der Waals surface area contributed by atoms with E-state index in [1.54, 1.807) is 0 Å². The molecule has 0 aromatic rings. The molecule has 3 nitrogen and oxygen atoms in total. The molecule has 1 amide bonds. The molecule has 21 heavy (non-hydrogen) atoms. The van der Waals surface area contributed by atoms with Gasteiger partial charge < -0.3 is 10.6 Å². The zero-order chi connectivity index (χ0) is 15.7. The van der Waals surface area contributed by atoms with Crippen molar-refractivity contribution in [1.82, 2.24) is 10.6 Å². The first kappa shape index (κ1) is 16.6. The van der Waals surface area contributed by atoms with E-state index in [1.807, 2.05) is 13.8 Å². The van der Waals surface area contributed by atoms with Gasteiger partial charge in [0.05, 0.1) is 12.0 Å². The molecule has 6 heteroatoms. The molecule has 1 saturated carbocycles. The van der Waals surface area contributed by atoms with Crippen molar-refractivity contribution >= 4 is 5.91 Å². The quantitative estimate of drug-likeness (QED) is 0.823. The number of halogens is 3. The molecule has 0 aromatic carbocycles. The zero-order valence-corrected chi connectivity index (χ0v) is 12.7. The summed E-state index contributed by atoms with van der Waals surface area (Å²) in [6.07, 6.45) is -0.452. The minimum Gasteiger partial charge on any atom is -0.351 e. The van der Waals surface area contributed by atoms with Gasteiger partial charge in [0.25, 0.3) is 0 Å². The average molecular weight is 306 g/mol. The van der Waals surface area contributed by atoms with Crippen LogP contribution >= 0.6 is 0 Å². The Kier molecular flexibility index (Phi) is 4.85. The van der Waals surface area contributed by atoms with Gasteiger partial charge in [-0.3, -0.25) is 4.79 Å². The van der Waals surface area contributed by atoms with Gasteiger partial charge in [0.2, 0.25) is 5.91 Å². The molecule has 0 aromatic heterocycles. The molecule has 1 aliphatic carbocycles. The third-order valence-corrected chi connectivity index (χ3v) is 4.90. The van der Waals surface area contributed by atoms with Crippen LogP contribution in [0.25, 0.3) is 0 Å². The Labute approximate surface area is 124 Å². The van der Waals surface area contributed by atoms with Crippen molar-refractivity contribution in [3.8, 4) is 0 Å². The Balaban J connectivity index is 2.03. The molecule has 1 heterocycles. The van der Waals surface area contributed by atoms with Gasteiger partial charge in [-0.2, -0.15) is 13.2 Å². The first-order valence-electron chi connectivity index (χ1n) is 7.82. The molecule has 1 saturated heterocycles. The van der Waals surface area contributed by atoms with Crippen LogP contribution in [0.2, 0.25) is 0 Å². The monoisotopic (exact) mass is 306 g/mol. The van der Waals surface area contributed by atoms with Crippen LogP contribution in [0.4, 0.5) is 13.2 Å². The number of carbonyl (C=O) groups excluding carboxylic acids is 1. The smallest absolute Gasteiger partial charge is 0.351 e. The Morgan fingerprint density at radius 3 is 2.48 bits per heavy atom. The number of alkyl halides is 3. The van der Waals surface area contributed by atoms with E-state index in [0.29, 0.717) is 12.8 Å². The Hall–Kier alpha value is -0.780. The minimum absolute atomic E-state index is 0.121. The summed E-state index contributed by atoms with van der Waals surface area (Å²) in [5.74, 6) is -1.68. The summed E-state index contributed by atoms with van der Waals surface area (Å²) >= 11 is 0. The third-order valence-electron chi connectivity index (χ3n) is 4.90. The lowest BCUT2D eigenvalue weighted by atomic mass is 9.76. The molecular formula is C15H25F3N2O. The summed E-state index contributed by atoms with van der Waals surface area (Å²) in [6.45, 7) is 4.73. The number of hydrogen-bond donors (Lipinski definition) is 2. The number of piperidine rings is 1. The molecule has 2 aliphatic rings. The molecule has 1 aliphatic heterocycles. The Bertz CT molecular complexity index is 382. The molecule has 3 unspecified atom stereocenters. The van der Waals surface area contributed by atoms with Crippen LogP contribution < -0.4 is 10.6 Å². The number of amides is 1. The molecule has 2 fully saturated rings. The zero-order valence-electron chi connectivity index (χ0n) is 12.7. The number of nitrogens with one attached hydrogen (secondary N) is 2. The first-order valence-corrected chi connectivity index (χ1v) is 7.82. The lowest BCUT2D eigenvalue weighted by molar-refractivity contribution is -0.189. The second-order valence-corrected chi connectivity index (χ2v) is 7.03. The van der Waals surface area contributed by atoms with Gasteiger partial charge in [-0.1, -0.05) is 26.7 Å². The van der Waals surface area contributed by atoms with E-state index in [2.05, 4.69) is 10.6 Å². The van der Waals surface area contributed by atoms with E-state index in [4.69, 9.17) is 0 Å². The number of hydrogen-bond acceptors (Lipinski definition) is 2. The van der Waals surface area contributed by atoms with Crippen LogP contribution in [0.15, 0.2) is 0 Å². The van der Waals surface area contributed by atoms with Crippen molar-refractivity contribution in [3.05, 3.63) is 0 Å². The van der Waals surface area contributed by atoms with E-state index < -0.39 is 24.2 Å². The van der Waals surface area contributed by atoms with E-state index in [0.717, 1.165) is 25.8 Å². The van der Waals surface area contributed by atoms with Gasteiger partial charge >= 0.3 is 6.18 Å². The molecule has 3 atom stereocenters. The normalized spacial score (nSPS) is 33.5. The summed E-state index contributed by atoms with van der Waals surface area (Å²) < 4.78 is 39.2. The summed E-state index contributed by atoms with van der Waals surface area (Å²) in [7, 11) is 0. The predicted octanol–water partition coefficient (Wildman–Crippen LogP) is 3.00. The van der Waals surface area contributed by atoms with Crippen molar-refractivity contribution < 1.29 is 18.0 Å².